The molecule has 1 aliphatic rings. The lowest BCUT2D eigenvalue weighted by Crippen LogP contribution is -2.16. The normalized spacial score (nSPS) is 18.1. The van der Waals surface area contributed by atoms with Gasteiger partial charge >= 0.3 is 0 Å². The second-order valence-corrected chi connectivity index (χ2v) is 4.67. The zero-order valence-electron chi connectivity index (χ0n) is 11.3. The van der Waals surface area contributed by atoms with Gasteiger partial charge in [-0.25, -0.2) is 0 Å². The maximum absolute atomic E-state index is 5.95. The van der Waals surface area contributed by atoms with E-state index in [1.165, 1.54) is 0 Å². The lowest BCUT2D eigenvalue weighted by Gasteiger charge is -2.15. The van der Waals surface area contributed by atoms with E-state index in [0.29, 0.717) is 23.9 Å². The number of aromatic amines is 1. The Morgan fingerprint density at radius 2 is 2.30 bits per heavy atom. The van der Waals surface area contributed by atoms with Crippen LogP contribution in [0.25, 0.3) is 11.1 Å². The first-order valence-corrected chi connectivity index (χ1v) is 6.49. The van der Waals surface area contributed by atoms with Crippen LogP contribution in [0.4, 0.5) is 5.82 Å². The molecule has 2 aromatic rings. The van der Waals surface area contributed by atoms with Crippen LogP contribution in [0.5, 0.6) is 11.5 Å². The van der Waals surface area contributed by atoms with Crippen molar-refractivity contribution in [3.8, 4) is 22.6 Å². The molecule has 20 heavy (non-hydrogen) atoms. The minimum absolute atomic E-state index is 0.0702. The lowest BCUT2D eigenvalue weighted by atomic mass is 10.1. The van der Waals surface area contributed by atoms with Crippen LogP contribution in [0.2, 0.25) is 0 Å². The van der Waals surface area contributed by atoms with Crippen LogP contribution in [-0.2, 0) is 4.74 Å². The summed E-state index contributed by atoms with van der Waals surface area (Å²) in [7, 11) is 1.62. The first kappa shape index (κ1) is 12.8. The van der Waals surface area contributed by atoms with Crippen LogP contribution in [0.3, 0.4) is 0 Å². The van der Waals surface area contributed by atoms with Crippen molar-refractivity contribution in [3.05, 3.63) is 24.4 Å². The highest BCUT2D eigenvalue weighted by molar-refractivity contribution is 5.75. The Morgan fingerprint density at radius 1 is 1.40 bits per heavy atom. The number of aromatic nitrogens is 2. The highest BCUT2D eigenvalue weighted by Gasteiger charge is 2.19. The van der Waals surface area contributed by atoms with Gasteiger partial charge in [-0.15, -0.1) is 0 Å². The van der Waals surface area contributed by atoms with Crippen LogP contribution in [-0.4, -0.2) is 36.6 Å². The summed E-state index contributed by atoms with van der Waals surface area (Å²) in [6, 6.07) is 5.71. The fourth-order valence-corrected chi connectivity index (χ4v) is 2.25. The number of nitrogens with two attached hydrogens (primary N) is 1. The Kier molecular flexibility index (Phi) is 3.47. The number of nitrogens with one attached hydrogen (secondary N) is 1. The number of H-pyrrole nitrogens is 1. The molecule has 1 aliphatic heterocycles. The van der Waals surface area contributed by atoms with Crippen molar-refractivity contribution in [1.29, 1.82) is 0 Å². The second-order valence-electron chi connectivity index (χ2n) is 4.67. The average Bonchev–Trinajstić information content (AvgIpc) is 3.10. The Labute approximate surface area is 116 Å². The van der Waals surface area contributed by atoms with E-state index in [-0.39, 0.29) is 6.10 Å². The van der Waals surface area contributed by atoms with Gasteiger partial charge in [0.25, 0.3) is 0 Å². The molecule has 6 heteroatoms. The molecule has 0 amide bonds. The number of nitrogen functional groups attached to an aromatic ring is 1. The summed E-state index contributed by atoms with van der Waals surface area (Å²) in [5.41, 5.74) is 7.63. The molecule has 3 N–H and O–H groups in total. The number of hydrogen-bond acceptors (Lipinski definition) is 5. The van der Waals surface area contributed by atoms with E-state index in [0.717, 1.165) is 24.2 Å². The predicted octanol–water partition coefficient (Wildman–Crippen LogP) is 1.84. The molecule has 6 nitrogen and oxygen atoms in total. The maximum Gasteiger partial charge on any atom is 0.162 e. The number of anilines is 1. The number of rotatable bonds is 4. The van der Waals surface area contributed by atoms with Crippen molar-refractivity contribution in [2.24, 2.45) is 0 Å². The van der Waals surface area contributed by atoms with Crippen LogP contribution in [0, 0.1) is 0 Å². The lowest BCUT2D eigenvalue weighted by molar-refractivity contribution is 0.138. The van der Waals surface area contributed by atoms with Crippen molar-refractivity contribution in [1.82, 2.24) is 10.2 Å². The third-order valence-electron chi connectivity index (χ3n) is 3.32. The van der Waals surface area contributed by atoms with Crippen LogP contribution in [0.1, 0.15) is 6.42 Å². The minimum atomic E-state index is 0.0702. The summed E-state index contributed by atoms with van der Waals surface area (Å²) >= 11 is 0. The Balaban J connectivity index is 1.92. The van der Waals surface area contributed by atoms with Crippen LogP contribution >= 0.6 is 0 Å². The van der Waals surface area contributed by atoms with Gasteiger partial charge in [-0.1, -0.05) is 6.07 Å². The molecule has 0 spiro atoms. The molecule has 1 atom stereocenters. The SMILES string of the molecule is COc1ccc(-c2cn[nH]c2N)cc1OC1CCOC1. The van der Waals surface area contributed by atoms with Gasteiger partial charge in [-0.3, -0.25) is 5.10 Å². The molecule has 0 saturated carbocycles. The number of methoxy groups -OCH3 is 1. The number of benzene rings is 1. The predicted molar refractivity (Wildman–Crippen MR) is 74.8 cm³/mol. The number of hydrogen-bond donors (Lipinski definition) is 2. The van der Waals surface area contributed by atoms with Gasteiger partial charge in [0.1, 0.15) is 11.9 Å². The van der Waals surface area contributed by atoms with Gasteiger partial charge in [0.05, 0.1) is 26.5 Å². The minimum Gasteiger partial charge on any atom is -0.493 e. The van der Waals surface area contributed by atoms with Crippen molar-refractivity contribution >= 4 is 5.82 Å². The van der Waals surface area contributed by atoms with Gasteiger partial charge in [0.2, 0.25) is 0 Å². The van der Waals surface area contributed by atoms with E-state index >= 15 is 0 Å². The van der Waals surface area contributed by atoms with Crippen molar-refractivity contribution < 1.29 is 14.2 Å². The van der Waals surface area contributed by atoms with Crippen molar-refractivity contribution in [3.63, 3.8) is 0 Å². The van der Waals surface area contributed by atoms with Gasteiger partial charge in [-0.05, 0) is 17.7 Å². The van der Waals surface area contributed by atoms with E-state index in [9.17, 15) is 0 Å². The Hall–Kier alpha value is -2.21. The molecule has 1 saturated heterocycles. The molecule has 1 fully saturated rings. The highest BCUT2D eigenvalue weighted by atomic mass is 16.6. The first-order chi connectivity index (χ1) is 9.78. The molecule has 106 valence electrons. The molecule has 1 unspecified atom stereocenters. The van der Waals surface area contributed by atoms with Crippen molar-refractivity contribution in [2.75, 3.05) is 26.1 Å². The van der Waals surface area contributed by atoms with Gasteiger partial charge in [-0.2, -0.15) is 5.10 Å². The third-order valence-corrected chi connectivity index (χ3v) is 3.32. The molecular weight excluding hydrogens is 258 g/mol. The molecule has 0 bridgehead atoms. The largest absolute Gasteiger partial charge is 0.493 e. The molecule has 2 heterocycles. The zero-order chi connectivity index (χ0) is 13.9. The van der Waals surface area contributed by atoms with E-state index in [4.69, 9.17) is 19.9 Å². The maximum atomic E-state index is 5.95. The van der Waals surface area contributed by atoms with E-state index in [1.54, 1.807) is 13.3 Å². The Morgan fingerprint density at radius 3 is 2.95 bits per heavy atom. The molecular formula is C14H17N3O3. The summed E-state index contributed by atoms with van der Waals surface area (Å²) < 4.78 is 16.6. The van der Waals surface area contributed by atoms with E-state index in [2.05, 4.69) is 10.2 Å². The number of ether oxygens (including phenoxy) is 3. The summed E-state index contributed by atoms with van der Waals surface area (Å²) in [6.45, 7) is 1.35. The molecule has 0 radical (unpaired) electrons. The average molecular weight is 275 g/mol. The number of nitrogens with zero attached hydrogens (tertiary/aromatic N) is 1. The van der Waals surface area contributed by atoms with Gasteiger partial charge in [0, 0.05) is 12.0 Å². The summed E-state index contributed by atoms with van der Waals surface area (Å²) in [5, 5.41) is 6.66. The van der Waals surface area contributed by atoms with Crippen LogP contribution in [0.15, 0.2) is 24.4 Å². The van der Waals surface area contributed by atoms with Gasteiger partial charge in [0.15, 0.2) is 11.5 Å². The monoisotopic (exact) mass is 275 g/mol. The van der Waals surface area contributed by atoms with E-state index < -0.39 is 0 Å². The fourth-order valence-electron chi connectivity index (χ4n) is 2.25. The molecule has 1 aromatic heterocycles. The Bertz CT molecular complexity index is 591. The first-order valence-electron chi connectivity index (χ1n) is 6.49. The summed E-state index contributed by atoms with van der Waals surface area (Å²) in [4.78, 5) is 0. The van der Waals surface area contributed by atoms with Crippen molar-refractivity contribution in [2.45, 2.75) is 12.5 Å². The third kappa shape index (κ3) is 2.42. The summed E-state index contributed by atoms with van der Waals surface area (Å²) in [6.07, 6.45) is 2.65. The van der Waals surface area contributed by atoms with Crippen LogP contribution < -0.4 is 15.2 Å². The van der Waals surface area contributed by atoms with E-state index in [1.807, 2.05) is 18.2 Å². The smallest absolute Gasteiger partial charge is 0.162 e. The molecule has 3 rings (SSSR count). The summed E-state index contributed by atoms with van der Waals surface area (Å²) in [5.74, 6) is 1.93. The highest BCUT2D eigenvalue weighted by Crippen LogP contribution is 2.35. The van der Waals surface area contributed by atoms with Gasteiger partial charge < -0.3 is 19.9 Å². The topological polar surface area (TPSA) is 82.4 Å². The quantitative estimate of drug-likeness (QED) is 0.889. The zero-order valence-corrected chi connectivity index (χ0v) is 11.3. The molecule has 1 aromatic carbocycles. The second kappa shape index (κ2) is 5.42. The standard InChI is InChI=1S/C14H17N3O3/c1-18-12-3-2-9(11-7-16-17-14(11)15)6-13(12)20-10-4-5-19-8-10/h2-3,6-7,10H,4-5,8H2,1H3,(H3,15,16,17). The molecule has 0 aliphatic carbocycles. The fraction of sp³-hybridized carbons (Fsp3) is 0.357.